The van der Waals surface area contributed by atoms with Crippen LogP contribution in [0.2, 0.25) is 5.28 Å². The van der Waals surface area contributed by atoms with Crippen LogP contribution in [-0.2, 0) is 12.8 Å². The molecular weight excluding hydrogens is 398 g/mol. The van der Waals surface area contributed by atoms with E-state index in [1.807, 2.05) is 0 Å². The number of aryl methyl sites for hydroxylation is 2. The van der Waals surface area contributed by atoms with Gasteiger partial charge in [-0.15, -0.1) is 11.3 Å². The van der Waals surface area contributed by atoms with Gasteiger partial charge in [0.1, 0.15) is 10.6 Å². The minimum atomic E-state index is 0.337. The number of hydrogen-bond acceptors (Lipinski definition) is 4. The van der Waals surface area contributed by atoms with Crippen molar-refractivity contribution in [1.29, 1.82) is 0 Å². The van der Waals surface area contributed by atoms with Crippen molar-refractivity contribution in [2.24, 2.45) is 11.8 Å². The highest BCUT2D eigenvalue weighted by Gasteiger charge is 2.21. The smallest absolute Gasteiger partial charge is 0.225 e. The second-order valence-electron chi connectivity index (χ2n) is 9.03. The summed E-state index contributed by atoms with van der Waals surface area (Å²) in [5.41, 5.74) is 5.53. The Hall–Kier alpha value is -1.65. The molecule has 3 nitrogen and oxygen atoms in total. The molecule has 0 unspecified atom stereocenters. The number of nitrogens with zero attached hydrogens (tertiary/aromatic N) is 3. The zero-order valence-electron chi connectivity index (χ0n) is 17.8. The lowest BCUT2D eigenvalue weighted by Crippen LogP contribution is -2.32. The zero-order chi connectivity index (χ0) is 20.5. The van der Waals surface area contributed by atoms with E-state index in [-0.39, 0.29) is 0 Å². The highest BCUT2D eigenvalue weighted by molar-refractivity contribution is 7.17. The maximum atomic E-state index is 6.35. The molecule has 0 saturated carbocycles. The Morgan fingerprint density at radius 2 is 1.69 bits per heavy atom. The maximum absolute atomic E-state index is 6.35. The number of aromatic nitrogens is 2. The number of rotatable bonds is 6. The van der Waals surface area contributed by atoms with Crippen LogP contribution in [0.1, 0.15) is 51.7 Å². The maximum Gasteiger partial charge on any atom is 0.225 e. The van der Waals surface area contributed by atoms with Gasteiger partial charge in [0.2, 0.25) is 5.28 Å². The molecule has 0 aliphatic heterocycles. The Morgan fingerprint density at radius 1 is 1.00 bits per heavy atom. The van der Waals surface area contributed by atoms with Crippen molar-refractivity contribution in [2.75, 3.05) is 18.0 Å². The minimum Gasteiger partial charge on any atom is -0.355 e. The first kappa shape index (κ1) is 20.6. The van der Waals surface area contributed by atoms with Crippen LogP contribution in [0.3, 0.4) is 0 Å². The molecule has 0 amide bonds. The first-order valence-corrected chi connectivity index (χ1v) is 12.0. The van der Waals surface area contributed by atoms with Crippen LogP contribution in [0.4, 0.5) is 5.82 Å². The summed E-state index contributed by atoms with van der Waals surface area (Å²) in [7, 11) is 0. The third-order valence-electron chi connectivity index (χ3n) is 5.52. The monoisotopic (exact) mass is 427 g/mol. The lowest BCUT2D eigenvalue weighted by atomic mass is 9.89. The summed E-state index contributed by atoms with van der Waals surface area (Å²) in [5, 5.41) is 3.72. The molecule has 0 atom stereocenters. The lowest BCUT2D eigenvalue weighted by molar-refractivity contribution is 0.550. The summed E-state index contributed by atoms with van der Waals surface area (Å²) in [5.74, 6) is 2.07. The first-order valence-electron chi connectivity index (χ1n) is 10.7. The summed E-state index contributed by atoms with van der Waals surface area (Å²) in [6.07, 6.45) is 5.00. The van der Waals surface area contributed by atoms with Gasteiger partial charge in [0.15, 0.2) is 0 Å². The van der Waals surface area contributed by atoms with E-state index in [9.17, 15) is 0 Å². The van der Waals surface area contributed by atoms with Crippen molar-refractivity contribution >= 4 is 39.0 Å². The summed E-state index contributed by atoms with van der Waals surface area (Å²) >= 11 is 8.02. The van der Waals surface area contributed by atoms with Gasteiger partial charge in [-0.05, 0) is 65.8 Å². The molecule has 0 bridgehead atoms. The first-order chi connectivity index (χ1) is 13.9. The molecule has 2 heterocycles. The van der Waals surface area contributed by atoms with Gasteiger partial charge in [-0.2, -0.15) is 4.98 Å². The summed E-state index contributed by atoms with van der Waals surface area (Å²) < 4.78 is 0. The molecule has 0 spiro atoms. The van der Waals surface area contributed by atoms with Gasteiger partial charge in [-0.25, -0.2) is 4.98 Å². The predicted octanol–water partition coefficient (Wildman–Crippen LogP) is 7.01. The summed E-state index contributed by atoms with van der Waals surface area (Å²) in [6.45, 7) is 10.9. The summed E-state index contributed by atoms with van der Waals surface area (Å²) in [4.78, 5) is 12.7. The van der Waals surface area contributed by atoms with E-state index in [0.717, 1.165) is 29.1 Å². The quantitative estimate of drug-likeness (QED) is 0.396. The molecule has 0 saturated heterocycles. The van der Waals surface area contributed by atoms with Crippen LogP contribution in [0, 0.1) is 11.8 Å². The normalized spacial score (nSPS) is 14.0. The fourth-order valence-electron chi connectivity index (χ4n) is 4.37. The second kappa shape index (κ2) is 8.61. The van der Waals surface area contributed by atoms with Gasteiger partial charge in [0, 0.05) is 24.0 Å². The van der Waals surface area contributed by atoms with Crippen molar-refractivity contribution in [3.05, 3.63) is 40.0 Å². The number of halogens is 1. The molecule has 29 heavy (non-hydrogen) atoms. The topological polar surface area (TPSA) is 29.0 Å². The number of benzene rings is 1. The molecule has 5 heteroatoms. The number of fused-ring (bicyclic) bond motifs is 2. The third-order valence-corrected chi connectivity index (χ3v) is 6.56. The van der Waals surface area contributed by atoms with E-state index < -0.39 is 0 Å². The van der Waals surface area contributed by atoms with Gasteiger partial charge in [0.25, 0.3) is 0 Å². The van der Waals surface area contributed by atoms with E-state index >= 15 is 0 Å². The van der Waals surface area contributed by atoms with Crippen molar-refractivity contribution in [3.8, 4) is 11.1 Å². The Kier molecular flexibility index (Phi) is 6.12. The fourth-order valence-corrected chi connectivity index (χ4v) is 5.53. The van der Waals surface area contributed by atoms with Crippen molar-refractivity contribution < 1.29 is 0 Å². The van der Waals surface area contributed by atoms with Crippen LogP contribution < -0.4 is 4.90 Å². The van der Waals surface area contributed by atoms with E-state index in [4.69, 9.17) is 16.6 Å². The van der Waals surface area contributed by atoms with Crippen LogP contribution in [0.15, 0.2) is 23.6 Å². The molecule has 0 radical (unpaired) electrons. The molecule has 2 aromatic heterocycles. The molecular formula is C24H30ClN3S. The third kappa shape index (κ3) is 4.44. The zero-order valence-corrected chi connectivity index (χ0v) is 19.4. The number of anilines is 1. The second-order valence-corrected chi connectivity index (χ2v) is 10.2. The molecule has 4 rings (SSSR count). The Morgan fingerprint density at radius 3 is 2.38 bits per heavy atom. The van der Waals surface area contributed by atoms with Crippen LogP contribution in [-0.4, -0.2) is 23.1 Å². The van der Waals surface area contributed by atoms with Crippen LogP contribution >= 0.6 is 22.9 Å². The highest BCUT2D eigenvalue weighted by atomic mass is 35.5. The standard InChI is InChI=1S/C24H30ClN3S/c1-15(2)12-28(13-16(3)4)22-21-20(14-29-23(21)27-24(25)26-22)19-10-9-17-7-5-6-8-18(17)11-19/h9-11,14-16H,5-8,12-13H2,1-4H3. The van der Waals surface area contributed by atoms with Crippen molar-refractivity contribution in [2.45, 2.75) is 53.4 Å². The van der Waals surface area contributed by atoms with Crippen molar-refractivity contribution in [1.82, 2.24) is 9.97 Å². The van der Waals surface area contributed by atoms with Gasteiger partial charge < -0.3 is 4.90 Å². The number of hydrogen-bond donors (Lipinski definition) is 0. The van der Waals surface area contributed by atoms with Gasteiger partial charge >= 0.3 is 0 Å². The molecule has 1 aliphatic rings. The van der Waals surface area contributed by atoms with E-state index in [0.29, 0.717) is 17.1 Å². The van der Waals surface area contributed by atoms with Crippen LogP contribution in [0.25, 0.3) is 21.3 Å². The molecule has 1 aromatic carbocycles. The predicted molar refractivity (Wildman–Crippen MR) is 126 cm³/mol. The number of thiophene rings is 1. The molecule has 0 fully saturated rings. The minimum absolute atomic E-state index is 0.337. The fraction of sp³-hybridized carbons (Fsp3) is 0.500. The molecule has 1 aliphatic carbocycles. The van der Waals surface area contributed by atoms with Gasteiger partial charge in [-0.1, -0.05) is 45.9 Å². The van der Waals surface area contributed by atoms with Gasteiger partial charge in [-0.3, -0.25) is 0 Å². The summed E-state index contributed by atoms with van der Waals surface area (Å²) in [6, 6.07) is 6.99. The molecule has 3 aromatic rings. The van der Waals surface area contributed by atoms with E-state index in [2.05, 4.69) is 61.2 Å². The molecule has 0 N–H and O–H groups in total. The largest absolute Gasteiger partial charge is 0.355 e. The van der Waals surface area contributed by atoms with Crippen LogP contribution in [0.5, 0.6) is 0 Å². The Balaban J connectivity index is 1.86. The lowest BCUT2D eigenvalue weighted by Gasteiger charge is -2.28. The van der Waals surface area contributed by atoms with E-state index in [1.54, 1.807) is 11.3 Å². The van der Waals surface area contributed by atoms with Crippen molar-refractivity contribution in [3.63, 3.8) is 0 Å². The van der Waals surface area contributed by atoms with E-state index in [1.165, 1.54) is 47.9 Å². The average Bonchev–Trinajstić information content (AvgIpc) is 3.09. The van der Waals surface area contributed by atoms with Gasteiger partial charge in [0.05, 0.1) is 5.39 Å². The SMILES string of the molecule is CC(C)CN(CC(C)C)c1nc(Cl)nc2scc(-c3ccc4c(c3)CCCC4)c12. The molecule has 154 valence electrons. The Labute approximate surface area is 183 Å². The average molecular weight is 428 g/mol. The highest BCUT2D eigenvalue weighted by Crippen LogP contribution is 2.40. The Bertz CT molecular complexity index is 999.